The number of ether oxygens (including phenoxy) is 1. The highest BCUT2D eigenvalue weighted by molar-refractivity contribution is 7.89. The lowest BCUT2D eigenvalue weighted by Gasteiger charge is -2.31. The molecule has 29 heavy (non-hydrogen) atoms. The largest absolute Gasteiger partial charge is 0.495 e. The zero-order valence-corrected chi connectivity index (χ0v) is 17.8. The average molecular weight is 461 g/mol. The summed E-state index contributed by atoms with van der Waals surface area (Å²) in [6, 6.07) is 8.17. The standard InChI is InChI=1S/C19H19Cl2FN2O4S/c1-28-16-8-7-13(22)10-17(16)29(26,27)24-9-3-4-12(11-24)19(25)23-15-6-2-5-14(20)18(15)21/h2,5-8,10,12H,3-4,9,11H2,1H3,(H,23,25)/t12-/m0/s1. The van der Waals surface area contributed by atoms with Gasteiger partial charge in [-0.1, -0.05) is 29.3 Å². The van der Waals surface area contributed by atoms with Crippen LogP contribution in [0.25, 0.3) is 0 Å². The van der Waals surface area contributed by atoms with Crippen LogP contribution in [0.5, 0.6) is 5.75 Å². The number of nitrogens with one attached hydrogen (secondary N) is 1. The first-order chi connectivity index (χ1) is 13.7. The van der Waals surface area contributed by atoms with Gasteiger partial charge >= 0.3 is 0 Å². The smallest absolute Gasteiger partial charge is 0.246 e. The molecule has 1 saturated heterocycles. The number of carbonyl (C=O) groups is 1. The summed E-state index contributed by atoms with van der Waals surface area (Å²) < 4.78 is 46.0. The van der Waals surface area contributed by atoms with E-state index in [1.165, 1.54) is 17.5 Å². The zero-order chi connectivity index (χ0) is 21.2. The van der Waals surface area contributed by atoms with Gasteiger partial charge in [0.25, 0.3) is 0 Å². The fraction of sp³-hybridized carbons (Fsp3) is 0.316. The second kappa shape index (κ2) is 8.87. The minimum Gasteiger partial charge on any atom is -0.495 e. The fourth-order valence-electron chi connectivity index (χ4n) is 3.20. The summed E-state index contributed by atoms with van der Waals surface area (Å²) >= 11 is 12.1. The molecule has 2 aromatic carbocycles. The van der Waals surface area contributed by atoms with Gasteiger partial charge in [-0.15, -0.1) is 0 Å². The van der Waals surface area contributed by atoms with Gasteiger partial charge in [0, 0.05) is 13.1 Å². The molecule has 10 heteroatoms. The molecule has 0 bridgehead atoms. The van der Waals surface area contributed by atoms with E-state index in [0.717, 1.165) is 12.1 Å². The van der Waals surface area contributed by atoms with Gasteiger partial charge in [0.05, 0.1) is 28.8 Å². The molecule has 0 spiro atoms. The van der Waals surface area contributed by atoms with E-state index in [0.29, 0.717) is 23.6 Å². The van der Waals surface area contributed by atoms with E-state index < -0.39 is 21.8 Å². The Morgan fingerprint density at radius 3 is 2.76 bits per heavy atom. The number of halogens is 3. The van der Waals surface area contributed by atoms with Crippen molar-refractivity contribution >= 4 is 44.8 Å². The molecule has 1 amide bonds. The third-order valence-corrected chi connectivity index (χ3v) is 7.41. The van der Waals surface area contributed by atoms with Crippen molar-refractivity contribution in [3.05, 3.63) is 52.3 Å². The van der Waals surface area contributed by atoms with E-state index in [1.54, 1.807) is 18.2 Å². The normalized spacial score (nSPS) is 17.7. The quantitative estimate of drug-likeness (QED) is 0.725. The van der Waals surface area contributed by atoms with E-state index in [4.69, 9.17) is 27.9 Å². The van der Waals surface area contributed by atoms with Gasteiger partial charge < -0.3 is 10.1 Å². The number of anilines is 1. The number of benzene rings is 2. The zero-order valence-electron chi connectivity index (χ0n) is 15.5. The van der Waals surface area contributed by atoms with Crippen molar-refractivity contribution in [2.45, 2.75) is 17.7 Å². The number of carbonyl (C=O) groups excluding carboxylic acids is 1. The Bertz CT molecular complexity index is 1030. The molecule has 1 heterocycles. The Balaban J connectivity index is 1.80. The third kappa shape index (κ3) is 4.66. The highest BCUT2D eigenvalue weighted by Crippen LogP contribution is 2.32. The average Bonchev–Trinajstić information content (AvgIpc) is 2.71. The van der Waals surface area contributed by atoms with Crippen molar-refractivity contribution in [1.29, 1.82) is 0 Å². The number of nitrogens with zero attached hydrogens (tertiary/aromatic N) is 1. The maximum Gasteiger partial charge on any atom is 0.246 e. The SMILES string of the molecule is COc1ccc(F)cc1S(=O)(=O)N1CCC[C@H](C(=O)Nc2cccc(Cl)c2Cl)C1. The van der Waals surface area contributed by atoms with Crippen LogP contribution >= 0.6 is 23.2 Å². The molecule has 1 fully saturated rings. The van der Waals surface area contributed by atoms with Crippen LogP contribution in [0.3, 0.4) is 0 Å². The molecule has 0 radical (unpaired) electrons. The monoisotopic (exact) mass is 460 g/mol. The van der Waals surface area contributed by atoms with Gasteiger partial charge in [-0.3, -0.25) is 4.79 Å². The summed E-state index contributed by atoms with van der Waals surface area (Å²) in [6.07, 6.45) is 0.995. The van der Waals surface area contributed by atoms with Crippen LogP contribution in [0.2, 0.25) is 10.0 Å². The number of sulfonamides is 1. The summed E-state index contributed by atoms with van der Waals surface area (Å²) in [6.45, 7) is 0.190. The molecule has 1 aliphatic heterocycles. The van der Waals surface area contributed by atoms with E-state index >= 15 is 0 Å². The summed E-state index contributed by atoms with van der Waals surface area (Å²) in [4.78, 5) is 12.4. The molecule has 2 aromatic rings. The molecule has 6 nitrogen and oxygen atoms in total. The number of methoxy groups -OCH3 is 1. The van der Waals surface area contributed by atoms with Gasteiger partial charge in [-0.25, -0.2) is 12.8 Å². The van der Waals surface area contributed by atoms with Gasteiger partial charge in [0.2, 0.25) is 15.9 Å². The Labute approximate surface area is 178 Å². The third-order valence-electron chi connectivity index (χ3n) is 4.71. The summed E-state index contributed by atoms with van der Waals surface area (Å²) in [5, 5.41) is 3.22. The fourth-order valence-corrected chi connectivity index (χ4v) is 5.24. The molecular formula is C19H19Cl2FN2O4S. The van der Waals surface area contributed by atoms with Gasteiger partial charge in [-0.2, -0.15) is 4.31 Å². The maximum absolute atomic E-state index is 13.7. The number of piperidine rings is 1. The molecule has 1 aliphatic rings. The minimum atomic E-state index is -4.04. The van der Waals surface area contributed by atoms with Crippen molar-refractivity contribution in [2.75, 3.05) is 25.5 Å². The van der Waals surface area contributed by atoms with Crippen LogP contribution < -0.4 is 10.1 Å². The molecule has 3 rings (SSSR count). The summed E-state index contributed by atoms with van der Waals surface area (Å²) in [5.41, 5.74) is 0.357. The van der Waals surface area contributed by atoms with Crippen LogP contribution in [0.4, 0.5) is 10.1 Å². The molecule has 1 atom stereocenters. The predicted molar refractivity (Wildman–Crippen MR) is 110 cm³/mol. The topological polar surface area (TPSA) is 75.7 Å². The van der Waals surface area contributed by atoms with E-state index in [2.05, 4.69) is 5.32 Å². The highest BCUT2D eigenvalue weighted by Gasteiger charge is 2.35. The van der Waals surface area contributed by atoms with Crippen LogP contribution in [0, 0.1) is 11.7 Å². The molecule has 0 aromatic heterocycles. The molecule has 0 saturated carbocycles. The minimum absolute atomic E-state index is 0.0357. The molecule has 1 N–H and O–H groups in total. The molecule has 0 unspecified atom stereocenters. The number of hydrogen-bond acceptors (Lipinski definition) is 4. The number of rotatable bonds is 5. The first-order valence-corrected chi connectivity index (χ1v) is 11.0. The van der Waals surface area contributed by atoms with Crippen LogP contribution in [0.15, 0.2) is 41.3 Å². The highest BCUT2D eigenvalue weighted by atomic mass is 35.5. The van der Waals surface area contributed by atoms with Crippen molar-refractivity contribution in [3.63, 3.8) is 0 Å². The van der Waals surface area contributed by atoms with Crippen molar-refractivity contribution < 1.29 is 22.3 Å². The maximum atomic E-state index is 13.7. The van der Waals surface area contributed by atoms with Crippen LogP contribution in [-0.4, -0.2) is 38.8 Å². The van der Waals surface area contributed by atoms with Gasteiger partial charge in [0.15, 0.2) is 0 Å². The first-order valence-electron chi connectivity index (χ1n) is 8.82. The van der Waals surface area contributed by atoms with E-state index in [-0.39, 0.29) is 34.7 Å². The Morgan fingerprint density at radius 2 is 2.03 bits per heavy atom. The van der Waals surface area contributed by atoms with Crippen molar-refractivity contribution in [1.82, 2.24) is 4.31 Å². The van der Waals surface area contributed by atoms with Crippen LogP contribution in [-0.2, 0) is 14.8 Å². The Hall–Kier alpha value is -1.87. The second-order valence-corrected chi connectivity index (χ2v) is 9.28. The summed E-state index contributed by atoms with van der Waals surface area (Å²) in [7, 11) is -2.73. The van der Waals surface area contributed by atoms with Crippen LogP contribution in [0.1, 0.15) is 12.8 Å². The van der Waals surface area contributed by atoms with Gasteiger partial charge in [0.1, 0.15) is 16.5 Å². The lowest BCUT2D eigenvalue weighted by molar-refractivity contribution is -0.120. The Kier molecular flexibility index (Phi) is 6.68. The van der Waals surface area contributed by atoms with Crippen molar-refractivity contribution in [2.24, 2.45) is 5.92 Å². The van der Waals surface area contributed by atoms with E-state index in [1.807, 2.05) is 0 Å². The molecule has 0 aliphatic carbocycles. The lowest BCUT2D eigenvalue weighted by atomic mass is 9.99. The predicted octanol–water partition coefficient (Wildman–Crippen LogP) is 4.18. The van der Waals surface area contributed by atoms with Gasteiger partial charge in [-0.05, 0) is 43.2 Å². The molecule has 156 valence electrons. The first kappa shape index (κ1) is 21.8. The second-order valence-electron chi connectivity index (χ2n) is 6.59. The van der Waals surface area contributed by atoms with Crippen molar-refractivity contribution in [3.8, 4) is 5.75 Å². The number of hydrogen-bond donors (Lipinski definition) is 1. The summed E-state index contributed by atoms with van der Waals surface area (Å²) in [5.74, 6) is -1.59. The number of amides is 1. The Morgan fingerprint density at radius 1 is 1.28 bits per heavy atom. The molecular weight excluding hydrogens is 442 g/mol. The lowest BCUT2D eigenvalue weighted by Crippen LogP contribution is -2.43. The van der Waals surface area contributed by atoms with E-state index in [9.17, 15) is 17.6 Å².